The number of phenolic OH excluding ortho intramolecular Hbond substituents is 1. The summed E-state index contributed by atoms with van der Waals surface area (Å²) in [5.74, 6) is -0.0805. The highest BCUT2D eigenvalue weighted by atomic mass is 19.1. The van der Waals surface area contributed by atoms with Gasteiger partial charge in [-0.05, 0) is 78.9 Å². The smallest absolute Gasteiger partial charge is 0.255 e. The summed E-state index contributed by atoms with van der Waals surface area (Å²) in [5, 5.41) is 12.2. The molecular formula is C26H25FN2O4. The van der Waals surface area contributed by atoms with E-state index in [1.54, 1.807) is 41.3 Å². The van der Waals surface area contributed by atoms with Crippen molar-refractivity contribution in [3.05, 3.63) is 89.2 Å². The Bertz CT molecular complexity index is 1140. The van der Waals surface area contributed by atoms with Crippen molar-refractivity contribution >= 4 is 17.5 Å². The maximum atomic E-state index is 14.0. The van der Waals surface area contributed by atoms with E-state index in [2.05, 4.69) is 5.32 Å². The Kier molecular flexibility index (Phi) is 6.58. The van der Waals surface area contributed by atoms with Gasteiger partial charge in [0.15, 0.2) is 0 Å². The summed E-state index contributed by atoms with van der Waals surface area (Å²) < 4.78 is 19.1. The van der Waals surface area contributed by atoms with E-state index in [1.807, 2.05) is 12.1 Å². The first-order chi connectivity index (χ1) is 15.9. The Balaban J connectivity index is 1.46. The summed E-state index contributed by atoms with van der Waals surface area (Å²) in [5.41, 5.74) is 1.89. The number of halogens is 1. The number of piperidine rings is 1. The van der Waals surface area contributed by atoms with Crippen molar-refractivity contribution in [1.29, 1.82) is 0 Å². The minimum absolute atomic E-state index is 0.140. The lowest BCUT2D eigenvalue weighted by Gasteiger charge is -2.32. The number of likely N-dealkylation sites (tertiary alicyclic amines) is 1. The van der Waals surface area contributed by atoms with Crippen LogP contribution < -0.4 is 10.1 Å². The molecule has 2 amide bonds. The molecule has 0 spiro atoms. The van der Waals surface area contributed by atoms with Gasteiger partial charge >= 0.3 is 0 Å². The lowest BCUT2D eigenvalue weighted by molar-refractivity contribution is 0.0714. The van der Waals surface area contributed by atoms with Crippen molar-refractivity contribution in [3.8, 4) is 11.5 Å². The van der Waals surface area contributed by atoms with E-state index in [9.17, 15) is 19.1 Å². The third-order valence-electron chi connectivity index (χ3n) is 5.96. The third-order valence-corrected chi connectivity index (χ3v) is 5.96. The average molecular weight is 448 g/mol. The lowest BCUT2D eigenvalue weighted by atomic mass is 9.89. The number of benzene rings is 3. The molecule has 1 aliphatic heterocycles. The standard InChI is InChI=1S/C26H25FN2O4/c1-33-22-9-4-19(5-10-22)25(31)28-24-16-20(27)6-11-23(24)26(32)29-14-12-18(13-15-29)17-2-7-21(30)8-3-17/h2-11,16,18,30H,12-15H2,1H3,(H,28,31). The Labute approximate surface area is 191 Å². The molecule has 6 nitrogen and oxygen atoms in total. The van der Waals surface area contributed by atoms with Gasteiger partial charge in [-0.2, -0.15) is 0 Å². The molecule has 2 N–H and O–H groups in total. The van der Waals surface area contributed by atoms with Gasteiger partial charge in [0.1, 0.15) is 17.3 Å². The second-order valence-electron chi connectivity index (χ2n) is 8.03. The van der Waals surface area contributed by atoms with Crippen LogP contribution in [0, 0.1) is 5.82 Å². The molecule has 0 bridgehead atoms. The fraction of sp³-hybridized carbons (Fsp3) is 0.231. The number of hydrogen-bond donors (Lipinski definition) is 2. The molecule has 1 aliphatic rings. The lowest BCUT2D eigenvalue weighted by Crippen LogP contribution is -2.38. The number of hydrogen-bond acceptors (Lipinski definition) is 4. The number of ether oxygens (including phenoxy) is 1. The Hall–Kier alpha value is -3.87. The van der Waals surface area contributed by atoms with Gasteiger partial charge in [-0.25, -0.2) is 4.39 Å². The van der Waals surface area contributed by atoms with Crippen LogP contribution in [-0.4, -0.2) is 42.0 Å². The number of aromatic hydroxyl groups is 1. The first kappa shape index (κ1) is 22.3. The zero-order valence-electron chi connectivity index (χ0n) is 18.3. The highest BCUT2D eigenvalue weighted by Gasteiger charge is 2.26. The number of carbonyl (C=O) groups is 2. The monoisotopic (exact) mass is 448 g/mol. The number of methoxy groups -OCH3 is 1. The molecule has 33 heavy (non-hydrogen) atoms. The number of carbonyl (C=O) groups excluding carboxylic acids is 2. The second kappa shape index (κ2) is 9.73. The Morgan fingerprint density at radius 3 is 2.30 bits per heavy atom. The zero-order valence-corrected chi connectivity index (χ0v) is 18.3. The molecular weight excluding hydrogens is 423 g/mol. The van der Waals surface area contributed by atoms with E-state index in [4.69, 9.17) is 4.74 Å². The van der Waals surface area contributed by atoms with Crippen LogP contribution >= 0.6 is 0 Å². The summed E-state index contributed by atoms with van der Waals surface area (Å²) >= 11 is 0. The molecule has 0 saturated carbocycles. The molecule has 4 rings (SSSR count). The molecule has 0 radical (unpaired) electrons. The van der Waals surface area contributed by atoms with Crippen molar-refractivity contribution in [3.63, 3.8) is 0 Å². The van der Waals surface area contributed by atoms with Crippen LogP contribution in [0.5, 0.6) is 11.5 Å². The predicted octanol–water partition coefficient (Wildman–Crippen LogP) is 4.81. The number of nitrogens with one attached hydrogen (secondary N) is 1. The number of rotatable bonds is 5. The number of nitrogens with zero attached hydrogens (tertiary/aromatic N) is 1. The van der Waals surface area contributed by atoms with Gasteiger partial charge in [-0.3, -0.25) is 9.59 Å². The minimum Gasteiger partial charge on any atom is -0.508 e. The summed E-state index contributed by atoms with van der Waals surface area (Å²) in [6, 6.07) is 17.5. The van der Waals surface area contributed by atoms with Crippen LogP contribution in [0.4, 0.5) is 10.1 Å². The van der Waals surface area contributed by atoms with Gasteiger partial charge in [-0.1, -0.05) is 12.1 Å². The Morgan fingerprint density at radius 1 is 1.00 bits per heavy atom. The van der Waals surface area contributed by atoms with Crippen LogP contribution in [-0.2, 0) is 0 Å². The Morgan fingerprint density at radius 2 is 1.67 bits per heavy atom. The van der Waals surface area contributed by atoms with Crippen molar-refractivity contribution in [1.82, 2.24) is 4.90 Å². The molecule has 0 unspecified atom stereocenters. The molecule has 3 aromatic rings. The normalized spacial score (nSPS) is 14.1. The van der Waals surface area contributed by atoms with Crippen LogP contribution in [0.1, 0.15) is 45.0 Å². The van der Waals surface area contributed by atoms with Crippen LogP contribution in [0.3, 0.4) is 0 Å². The predicted molar refractivity (Wildman–Crippen MR) is 123 cm³/mol. The molecule has 1 heterocycles. The second-order valence-corrected chi connectivity index (χ2v) is 8.03. The summed E-state index contributed by atoms with van der Waals surface area (Å²) in [7, 11) is 1.53. The molecule has 0 aliphatic carbocycles. The van der Waals surface area contributed by atoms with Crippen molar-refractivity contribution < 1.29 is 23.8 Å². The highest BCUT2D eigenvalue weighted by molar-refractivity contribution is 6.09. The number of amides is 2. The van der Waals surface area contributed by atoms with E-state index in [1.165, 1.54) is 19.2 Å². The van der Waals surface area contributed by atoms with Gasteiger partial charge < -0.3 is 20.1 Å². The van der Waals surface area contributed by atoms with Crippen molar-refractivity contribution in [2.24, 2.45) is 0 Å². The van der Waals surface area contributed by atoms with Crippen molar-refractivity contribution in [2.75, 3.05) is 25.5 Å². The zero-order chi connectivity index (χ0) is 23.4. The third kappa shape index (κ3) is 5.14. The van der Waals surface area contributed by atoms with Crippen molar-refractivity contribution in [2.45, 2.75) is 18.8 Å². The van der Waals surface area contributed by atoms with Gasteiger partial charge in [-0.15, -0.1) is 0 Å². The van der Waals surface area contributed by atoms with Gasteiger partial charge in [0.2, 0.25) is 0 Å². The number of phenols is 1. The topological polar surface area (TPSA) is 78.9 Å². The molecule has 0 atom stereocenters. The minimum atomic E-state index is -0.539. The molecule has 1 fully saturated rings. The SMILES string of the molecule is COc1ccc(C(=O)Nc2cc(F)ccc2C(=O)N2CCC(c3ccc(O)cc3)CC2)cc1. The maximum Gasteiger partial charge on any atom is 0.255 e. The molecule has 170 valence electrons. The van der Waals surface area contributed by atoms with Crippen LogP contribution in [0.15, 0.2) is 66.7 Å². The van der Waals surface area contributed by atoms with Crippen LogP contribution in [0.2, 0.25) is 0 Å². The van der Waals surface area contributed by atoms with Gasteiger partial charge in [0, 0.05) is 18.7 Å². The molecule has 7 heteroatoms. The maximum absolute atomic E-state index is 14.0. The molecule has 0 aromatic heterocycles. The van der Waals surface area contributed by atoms with E-state index < -0.39 is 11.7 Å². The fourth-order valence-corrected chi connectivity index (χ4v) is 4.08. The van der Waals surface area contributed by atoms with E-state index in [0.717, 1.165) is 24.5 Å². The number of anilines is 1. The first-order valence-electron chi connectivity index (χ1n) is 10.8. The largest absolute Gasteiger partial charge is 0.508 e. The average Bonchev–Trinajstić information content (AvgIpc) is 2.84. The van der Waals surface area contributed by atoms with Crippen LogP contribution in [0.25, 0.3) is 0 Å². The summed E-state index contributed by atoms with van der Waals surface area (Å²) in [4.78, 5) is 27.6. The first-order valence-corrected chi connectivity index (χ1v) is 10.8. The highest BCUT2D eigenvalue weighted by Crippen LogP contribution is 2.30. The molecule has 3 aromatic carbocycles. The van der Waals surface area contributed by atoms with E-state index in [-0.39, 0.29) is 22.9 Å². The van der Waals surface area contributed by atoms with Gasteiger partial charge in [0.25, 0.3) is 11.8 Å². The summed E-state index contributed by atoms with van der Waals surface area (Å²) in [6.45, 7) is 1.10. The quantitative estimate of drug-likeness (QED) is 0.587. The van der Waals surface area contributed by atoms with E-state index >= 15 is 0 Å². The van der Waals surface area contributed by atoms with Gasteiger partial charge in [0.05, 0.1) is 18.4 Å². The summed E-state index contributed by atoms with van der Waals surface area (Å²) in [6.07, 6.45) is 1.57. The van der Waals surface area contributed by atoms with E-state index in [0.29, 0.717) is 30.3 Å². The molecule has 1 saturated heterocycles. The fourth-order valence-electron chi connectivity index (χ4n) is 4.08.